The number of aryl methyl sites for hydroxylation is 1. The van der Waals surface area contributed by atoms with Gasteiger partial charge in [0, 0.05) is 11.9 Å². The molecule has 0 atom stereocenters. The molecular formula is C7H10BrN3O2. The van der Waals surface area contributed by atoms with E-state index >= 15 is 0 Å². The van der Waals surface area contributed by atoms with Crippen molar-refractivity contribution in [3.8, 4) is 0 Å². The molecule has 0 saturated heterocycles. The van der Waals surface area contributed by atoms with Gasteiger partial charge in [-0.2, -0.15) is 5.10 Å². The highest BCUT2D eigenvalue weighted by molar-refractivity contribution is 9.09. The first-order chi connectivity index (χ1) is 6.24. The average molecular weight is 248 g/mol. The minimum Gasteiger partial charge on any atom is -0.266 e. The minimum absolute atomic E-state index is 0.0545. The Hall–Kier alpha value is -0.910. The SMILES string of the molecule is O=[N+]([O-])c1cnn(CCCCBr)c1. The summed E-state index contributed by atoms with van der Waals surface area (Å²) < 4.78 is 1.60. The zero-order chi connectivity index (χ0) is 9.68. The second-order valence-electron chi connectivity index (χ2n) is 2.61. The van der Waals surface area contributed by atoms with Crippen LogP contribution in [0.3, 0.4) is 0 Å². The molecule has 72 valence electrons. The van der Waals surface area contributed by atoms with E-state index in [0.717, 1.165) is 24.7 Å². The molecule has 0 aliphatic rings. The molecule has 0 unspecified atom stereocenters. The van der Waals surface area contributed by atoms with Crippen molar-refractivity contribution in [1.29, 1.82) is 0 Å². The van der Waals surface area contributed by atoms with Gasteiger partial charge in [0.15, 0.2) is 0 Å². The summed E-state index contributed by atoms with van der Waals surface area (Å²) in [4.78, 5) is 9.85. The number of hydrogen-bond acceptors (Lipinski definition) is 3. The van der Waals surface area contributed by atoms with Crippen LogP contribution in [-0.2, 0) is 6.54 Å². The third kappa shape index (κ3) is 3.14. The number of aromatic nitrogens is 2. The summed E-state index contributed by atoms with van der Waals surface area (Å²) in [7, 11) is 0. The van der Waals surface area contributed by atoms with Crippen LogP contribution in [0.25, 0.3) is 0 Å². The lowest BCUT2D eigenvalue weighted by molar-refractivity contribution is -0.385. The quantitative estimate of drug-likeness (QED) is 0.346. The van der Waals surface area contributed by atoms with E-state index < -0.39 is 4.92 Å². The predicted molar refractivity (Wildman–Crippen MR) is 51.9 cm³/mol. The lowest BCUT2D eigenvalue weighted by Gasteiger charge is -1.97. The van der Waals surface area contributed by atoms with Crippen molar-refractivity contribution in [2.24, 2.45) is 0 Å². The highest BCUT2D eigenvalue weighted by Crippen LogP contribution is 2.08. The third-order valence-corrected chi connectivity index (χ3v) is 2.16. The van der Waals surface area contributed by atoms with Gasteiger partial charge in [-0.05, 0) is 12.8 Å². The van der Waals surface area contributed by atoms with Crippen LogP contribution in [0.15, 0.2) is 12.4 Å². The molecule has 1 aromatic rings. The molecule has 1 heterocycles. The maximum absolute atomic E-state index is 10.3. The number of alkyl halides is 1. The summed E-state index contributed by atoms with van der Waals surface area (Å²) in [5.41, 5.74) is 0.0545. The van der Waals surface area contributed by atoms with Gasteiger partial charge in [0.05, 0.1) is 4.92 Å². The Morgan fingerprint density at radius 3 is 2.92 bits per heavy atom. The second kappa shape index (κ2) is 4.96. The lowest BCUT2D eigenvalue weighted by Crippen LogP contribution is -1.98. The normalized spacial score (nSPS) is 10.2. The standard InChI is InChI=1S/C7H10BrN3O2/c8-3-1-2-4-10-6-7(5-9-10)11(12)13/h5-6H,1-4H2. The number of hydrogen-bond donors (Lipinski definition) is 0. The number of nitrogens with zero attached hydrogens (tertiary/aromatic N) is 3. The van der Waals surface area contributed by atoms with Gasteiger partial charge < -0.3 is 0 Å². The van der Waals surface area contributed by atoms with Gasteiger partial charge in [0.2, 0.25) is 0 Å². The van der Waals surface area contributed by atoms with Gasteiger partial charge in [0.25, 0.3) is 0 Å². The number of nitro groups is 1. The first kappa shape index (κ1) is 10.2. The molecule has 13 heavy (non-hydrogen) atoms. The molecule has 0 bridgehead atoms. The summed E-state index contributed by atoms with van der Waals surface area (Å²) in [6, 6.07) is 0. The van der Waals surface area contributed by atoms with Gasteiger partial charge in [-0.3, -0.25) is 14.8 Å². The summed E-state index contributed by atoms with van der Waals surface area (Å²) in [5, 5.41) is 15.1. The van der Waals surface area contributed by atoms with E-state index in [1.54, 1.807) is 4.68 Å². The molecule has 5 nitrogen and oxygen atoms in total. The maximum atomic E-state index is 10.3. The van der Waals surface area contributed by atoms with E-state index in [4.69, 9.17) is 0 Å². The van der Waals surface area contributed by atoms with Crippen LogP contribution >= 0.6 is 15.9 Å². The molecule has 0 N–H and O–H groups in total. The Balaban J connectivity index is 2.44. The van der Waals surface area contributed by atoms with E-state index in [9.17, 15) is 10.1 Å². The van der Waals surface area contributed by atoms with E-state index in [2.05, 4.69) is 21.0 Å². The summed E-state index contributed by atoms with van der Waals surface area (Å²) >= 11 is 3.31. The maximum Gasteiger partial charge on any atom is 0.306 e. The fourth-order valence-electron chi connectivity index (χ4n) is 0.938. The summed E-state index contributed by atoms with van der Waals surface area (Å²) in [6.45, 7) is 0.736. The van der Waals surface area contributed by atoms with Crippen molar-refractivity contribution in [2.45, 2.75) is 19.4 Å². The molecule has 0 amide bonds. The van der Waals surface area contributed by atoms with E-state index in [1.807, 2.05) is 0 Å². The molecule has 0 fully saturated rings. The smallest absolute Gasteiger partial charge is 0.266 e. The first-order valence-electron chi connectivity index (χ1n) is 3.97. The van der Waals surface area contributed by atoms with Crippen LogP contribution in [0, 0.1) is 10.1 Å². The van der Waals surface area contributed by atoms with E-state index in [0.29, 0.717) is 0 Å². The van der Waals surface area contributed by atoms with Crippen LogP contribution in [0.4, 0.5) is 5.69 Å². The summed E-state index contributed by atoms with van der Waals surface area (Å²) in [6.07, 6.45) is 4.75. The highest BCUT2D eigenvalue weighted by Gasteiger charge is 2.07. The van der Waals surface area contributed by atoms with Crippen LogP contribution < -0.4 is 0 Å². The number of halogens is 1. The van der Waals surface area contributed by atoms with Crippen molar-refractivity contribution >= 4 is 21.6 Å². The molecule has 1 rings (SSSR count). The molecular weight excluding hydrogens is 238 g/mol. The van der Waals surface area contributed by atoms with Crippen molar-refractivity contribution in [1.82, 2.24) is 9.78 Å². The van der Waals surface area contributed by atoms with Crippen molar-refractivity contribution in [3.05, 3.63) is 22.5 Å². The zero-order valence-corrected chi connectivity index (χ0v) is 8.61. The largest absolute Gasteiger partial charge is 0.306 e. The Labute approximate surface area is 84.0 Å². The average Bonchev–Trinajstić information content (AvgIpc) is 2.53. The Morgan fingerprint density at radius 2 is 2.38 bits per heavy atom. The number of unbranched alkanes of at least 4 members (excludes halogenated alkanes) is 1. The molecule has 0 saturated carbocycles. The van der Waals surface area contributed by atoms with Crippen molar-refractivity contribution < 1.29 is 4.92 Å². The van der Waals surface area contributed by atoms with Crippen molar-refractivity contribution in [3.63, 3.8) is 0 Å². The molecule has 0 radical (unpaired) electrons. The highest BCUT2D eigenvalue weighted by atomic mass is 79.9. The van der Waals surface area contributed by atoms with Gasteiger partial charge in [-0.15, -0.1) is 0 Å². The lowest BCUT2D eigenvalue weighted by atomic mass is 10.3. The Kier molecular flexibility index (Phi) is 3.88. The Bertz CT molecular complexity index is 287. The Morgan fingerprint density at radius 1 is 1.62 bits per heavy atom. The molecule has 0 aliphatic heterocycles. The van der Waals surface area contributed by atoms with Gasteiger partial charge in [-0.1, -0.05) is 15.9 Å². The summed E-state index contributed by atoms with van der Waals surface area (Å²) in [5.74, 6) is 0. The van der Waals surface area contributed by atoms with Crippen LogP contribution in [-0.4, -0.2) is 20.0 Å². The van der Waals surface area contributed by atoms with E-state index in [1.165, 1.54) is 12.4 Å². The first-order valence-corrected chi connectivity index (χ1v) is 5.09. The van der Waals surface area contributed by atoms with Crippen LogP contribution in [0.5, 0.6) is 0 Å². The van der Waals surface area contributed by atoms with Crippen LogP contribution in [0.2, 0.25) is 0 Å². The predicted octanol–water partition coefficient (Wildman–Crippen LogP) is 1.97. The monoisotopic (exact) mass is 247 g/mol. The van der Waals surface area contributed by atoms with Gasteiger partial charge in [-0.25, -0.2) is 0 Å². The molecule has 0 aliphatic carbocycles. The fourth-order valence-corrected chi connectivity index (χ4v) is 1.33. The second-order valence-corrected chi connectivity index (χ2v) is 3.41. The van der Waals surface area contributed by atoms with Gasteiger partial charge >= 0.3 is 5.69 Å². The van der Waals surface area contributed by atoms with Crippen LogP contribution in [0.1, 0.15) is 12.8 Å². The fraction of sp³-hybridized carbons (Fsp3) is 0.571. The number of rotatable bonds is 5. The zero-order valence-electron chi connectivity index (χ0n) is 7.02. The minimum atomic E-state index is -0.437. The molecule has 1 aromatic heterocycles. The third-order valence-electron chi connectivity index (χ3n) is 1.60. The molecule has 6 heteroatoms. The van der Waals surface area contributed by atoms with Gasteiger partial charge in [0.1, 0.15) is 12.4 Å². The molecule has 0 spiro atoms. The van der Waals surface area contributed by atoms with E-state index in [-0.39, 0.29) is 5.69 Å². The molecule has 0 aromatic carbocycles. The topological polar surface area (TPSA) is 61.0 Å². The van der Waals surface area contributed by atoms with Crippen molar-refractivity contribution in [2.75, 3.05) is 5.33 Å².